The van der Waals surface area contributed by atoms with Crippen molar-refractivity contribution in [1.29, 1.82) is 0 Å². The van der Waals surface area contributed by atoms with Crippen LogP contribution in [0.4, 0.5) is 10.6 Å². The van der Waals surface area contributed by atoms with Gasteiger partial charge in [-0.3, -0.25) is 14.6 Å². The lowest BCUT2D eigenvalue weighted by Gasteiger charge is -2.65. The summed E-state index contributed by atoms with van der Waals surface area (Å²) in [5.41, 5.74) is 5.73. The van der Waals surface area contributed by atoms with Crippen LogP contribution in [0.1, 0.15) is 116 Å². The van der Waals surface area contributed by atoms with Gasteiger partial charge in [0.2, 0.25) is 0 Å². The number of esters is 1. The number of hydrogen-bond acceptors (Lipinski definition) is 17. The van der Waals surface area contributed by atoms with E-state index in [0.29, 0.717) is 67.4 Å². The number of imidazole rings is 1. The number of aliphatic carboxylic acids is 1. The van der Waals surface area contributed by atoms with Gasteiger partial charge in [-0.25, -0.2) is 29.3 Å². The Morgan fingerprint density at radius 2 is 1.85 bits per heavy atom. The number of carboxylic acid groups (broad SMARTS) is 1. The summed E-state index contributed by atoms with van der Waals surface area (Å²) in [6.45, 7) is 5.83. The van der Waals surface area contributed by atoms with E-state index in [0.717, 1.165) is 76.2 Å². The molecule has 5 fully saturated rings. The number of amides is 1. The molecule has 8 N–H and O–H groups in total. The van der Waals surface area contributed by atoms with Crippen LogP contribution in [-0.2, 0) is 23.8 Å². The van der Waals surface area contributed by atoms with Crippen LogP contribution in [0.5, 0.6) is 0 Å². The SMILES string of the molecule is C[C@]12CC[C@@H](OC(=O)NCCCCCN=CCCC/C=N/[C@@H](CCSC[C@H]3O[C@@H](n4cnc5c(N)ncnc54)[C@H](O)[C@@H]3O)C(=O)O)C[C@H]1CCC1[C@@H]2C[C@@H](O)[C@]2(C)[C@@H](C3=CC(=O)OC3)CC[C@]12O. The highest BCUT2D eigenvalue weighted by atomic mass is 32.2. The van der Waals surface area contributed by atoms with Crippen LogP contribution >= 0.6 is 11.8 Å². The van der Waals surface area contributed by atoms with E-state index in [2.05, 4.69) is 37.2 Å². The Hall–Kier alpha value is -4.21. The Morgan fingerprint density at radius 1 is 1.03 bits per heavy atom. The molecule has 19 nitrogen and oxygen atoms in total. The van der Waals surface area contributed by atoms with E-state index in [1.54, 1.807) is 12.3 Å². The number of fused-ring (bicyclic) bond motifs is 6. The number of anilines is 1. The molecule has 4 heterocycles. The molecule has 374 valence electrons. The number of alkyl carbamates (subject to hydrolysis) is 1. The first-order chi connectivity index (χ1) is 32.7. The molecule has 2 aromatic rings. The number of carbonyl (C=O) groups excluding carboxylic acids is 2. The molecule has 1 amide bonds. The van der Waals surface area contributed by atoms with Gasteiger partial charge in [0, 0.05) is 30.3 Å². The van der Waals surface area contributed by atoms with Gasteiger partial charge in [0.05, 0.1) is 24.1 Å². The molecule has 0 aromatic carbocycles. The fraction of sp³-hybridized carbons (Fsp3) is 0.750. The molecule has 2 aliphatic heterocycles. The molecule has 0 bridgehead atoms. The largest absolute Gasteiger partial charge is 0.480 e. The Labute approximate surface area is 401 Å². The van der Waals surface area contributed by atoms with Gasteiger partial charge in [0.25, 0.3) is 0 Å². The zero-order valence-corrected chi connectivity index (χ0v) is 40.1. The number of aromatic nitrogens is 4. The number of nitrogens with one attached hydrogen (secondary N) is 1. The number of unbranched alkanes of at least 4 members (excludes halogenated alkanes) is 4. The first-order valence-electron chi connectivity index (χ1n) is 24.6. The normalized spacial score (nSPS) is 36.1. The van der Waals surface area contributed by atoms with E-state index >= 15 is 0 Å². The standard InChI is InChI=1S/C48H70N8O11S/c1-46-14-11-30(22-29(46)9-10-32-33(46)23-36(57)47(2)31(12-15-48(32,47)64)28-21-37(58)65-24-28)66-45(63)52-19-8-4-6-17-50-16-5-3-7-18-51-34(44(61)62)13-20-68-25-35-39(59)40(60)43(67-35)56-27-55-38-41(49)53-26-54-42(38)56/h16,18,21,26-27,29-36,39-40,43,57,59-60,64H,3-15,17,19-20,22-25H2,1-2H3,(H,52,63)(H,61,62)(H2,49,53,54)/b50-16?,51-18+/t29-,30-,31-,32?,33+,34+,35-,36-,39-,40-,43-,46+,47+,48+/m1/s1. The zero-order valence-electron chi connectivity index (χ0n) is 39.2. The van der Waals surface area contributed by atoms with Crippen LogP contribution in [0.25, 0.3) is 11.2 Å². The molecule has 1 saturated heterocycles. The number of rotatable bonds is 20. The van der Waals surface area contributed by atoms with E-state index in [4.69, 9.17) is 19.9 Å². The summed E-state index contributed by atoms with van der Waals surface area (Å²) in [6.07, 6.45) is 14.0. The van der Waals surface area contributed by atoms with Crippen LogP contribution in [0, 0.1) is 34.5 Å². The van der Waals surface area contributed by atoms with E-state index in [1.807, 2.05) is 13.1 Å². The lowest BCUT2D eigenvalue weighted by molar-refractivity contribution is -0.244. The van der Waals surface area contributed by atoms with Crippen molar-refractivity contribution in [2.24, 2.45) is 44.5 Å². The number of aliphatic hydroxyl groups excluding tert-OH is 3. The average Bonchev–Trinajstić information content (AvgIpc) is 4.08. The average molecular weight is 967 g/mol. The molecule has 6 aliphatic rings. The third-order valence-corrected chi connectivity index (χ3v) is 17.8. The van der Waals surface area contributed by atoms with Gasteiger partial charge < -0.3 is 50.8 Å². The van der Waals surface area contributed by atoms with Crippen molar-refractivity contribution in [3.8, 4) is 0 Å². The third kappa shape index (κ3) is 10.0. The number of aliphatic imine (C=N–C) groups is 2. The highest BCUT2D eigenvalue weighted by Crippen LogP contribution is 2.70. The van der Waals surface area contributed by atoms with Crippen molar-refractivity contribution in [3.63, 3.8) is 0 Å². The molecule has 2 aromatic heterocycles. The summed E-state index contributed by atoms with van der Waals surface area (Å²) in [7, 11) is 0. The lowest BCUT2D eigenvalue weighted by atomic mass is 9.42. The second kappa shape index (κ2) is 21.4. The fourth-order valence-corrected chi connectivity index (χ4v) is 13.9. The molecular weight excluding hydrogens is 897 g/mol. The number of ether oxygens (including phenoxy) is 3. The Kier molecular flexibility index (Phi) is 15.8. The van der Waals surface area contributed by atoms with Crippen LogP contribution in [-0.4, -0.2) is 149 Å². The lowest BCUT2D eigenvalue weighted by Crippen LogP contribution is -2.67. The molecule has 0 spiro atoms. The van der Waals surface area contributed by atoms with Crippen LogP contribution in [0.15, 0.2) is 34.3 Å². The quantitative estimate of drug-likeness (QED) is 0.0550. The molecule has 8 rings (SSSR count). The van der Waals surface area contributed by atoms with Gasteiger partial charge >= 0.3 is 18.0 Å². The highest BCUT2D eigenvalue weighted by Gasteiger charge is 2.71. The number of nitrogens with zero attached hydrogens (tertiary/aromatic N) is 6. The first kappa shape index (κ1) is 50.2. The van der Waals surface area contributed by atoms with Crippen molar-refractivity contribution in [3.05, 3.63) is 24.3 Å². The van der Waals surface area contributed by atoms with Gasteiger partial charge in [-0.1, -0.05) is 13.8 Å². The number of carbonyl (C=O) groups is 3. The Bertz CT molecular complexity index is 2210. The minimum Gasteiger partial charge on any atom is -0.480 e. The van der Waals surface area contributed by atoms with Gasteiger partial charge in [0.1, 0.15) is 42.8 Å². The smallest absolute Gasteiger partial charge is 0.407 e. The molecule has 4 saturated carbocycles. The number of hydrogen-bond donors (Lipinski definition) is 7. The number of cyclic esters (lactones) is 1. The van der Waals surface area contributed by atoms with Gasteiger partial charge in [0.15, 0.2) is 17.7 Å². The topological polar surface area (TPSA) is 286 Å². The second-order valence-corrected chi connectivity index (χ2v) is 21.5. The summed E-state index contributed by atoms with van der Waals surface area (Å²) in [6, 6.07) is -0.883. The summed E-state index contributed by atoms with van der Waals surface area (Å²) in [4.78, 5) is 57.7. The van der Waals surface area contributed by atoms with Gasteiger partial charge in [-0.2, -0.15) is 11.8 Å². The number of nitrogens with two attached hydrogens (primary N) is 1. The van der Waals surface area contributed by atoms with Crippen LogP contribution in [0.2, 0.25) is 0 Å². The Morgan fingerprint density at radius 3 is 2.65 bits per heavy atom. The van der Waals surface area contributed by atoms with Crippen molar-refractivity contribution < 1.29 is 54.1 Å². The minimum absolute atomic E-state index is 0.0589. The summed E-state index contributed by atoms with van der Waals surface area (Å²) >= 11 is 1.42. The van der Waals surface area contributed by atoms with Gasteiger partial charge in [-0.15, -0.1) is 0 Å². The van der Waals surface area contributed by atoms with Crippen molar-refractivity contribution >= 4 is 59.2 Å². The second-order valence-electron chi connectivity index (χ2n) is 20.4. The van der Waals surface area contributed by atoms with Crippen molar-refractivity contribution in [1.82, 2.24) is 24.8 Å². The number of aliphatic hydroxyl groups is 4. The Balaban J connectivity index is 0.657. The van der Waals surface area contributed by atoms with Crippen molar-refractivity contribution in [2.75, 3.05) is 36.9 Å². The molecule has 0 radical (unpaired) electrons. The number of carboxylic acids is 1. The first-order valence-corrected chi connectivity index (χ1v) is 25.8. The molecular formula is C48H70N8O11S. The molecule has 1 unspecified atom stereocenters. The molecule has 20 heteroatoms. The van der Waals surface area contributed by atoms with Crippen molar-refractivity contribution in [2.45, 2.75) is 159 Å². The monoisotopic (exact) mass is 966 g/mol. The maximum absolute atomic E-state index is 12.8. The summed E-state index contributed by atoms with van der Waals surface area (Å²) < 4.78 is 18.7. The van der Waals surface area contributed by atoms with Crippen LogP contribution < -0.4 is 11.1 Å². The van der Waals surface area contributed by atoms with E-state index in [9.17, 15) is 39.9 Å². The fourth-order valence-electron chi connectivity index (χ4n) is 12.8. The van der Waals surface area contributed by atoms with E-state index in [-0.39, 0.29) is 53.8 Å². The third-order valence-electron chi connectivity index (χ3n) is 16.7. The zero-order chi connectivity index (χ0) is 48.2. The van der Waals surface area contributed by atoms with Crippen LogP contribution in [0.3, 0.4) is 0 Å². The maximum atomic E-state index is 12.8. The summed E-state index contributed by atoms with van der Waals surface area (Å²) in [5.74, 6) is 0.189. The van der Waals surface area contributed by atoms with Gasteiger partial charge in [-0.05, 0) is 149 Å². The highest BCUT2D eigenvalue weighted by molar-refractivity contribution is 7.99. The predicted octanol–water partition coefficient (Wildman–Crippen LogP) is 4.41. The molecule has 4 aliphatic carbocycles. The minimum atomic E-state index is -1.22. The summed E-state index contributed by atoms with van der Waals surface area (Å²) in [5, 5.41) is 58.3. The maximum Gasteiger partial charge on any atom is 0.407 e. The molecule has 14 atom stereocenters. The van der Waals surface area contributed by atoms with E-state index < -0.39 is 53.7 Å². The number of nitrogen functional groups attached to an aromatic ring is 1. The van der Waals surface area contributed by atoms with E-state index in [1.165, 1.54) is 29.0 Å². The number of thioether (sulfide) groups is 1. The molecule has 68 heavy (non-hydrogen) atoms. The predicted molar refractivity (Wildman–Crippen MR) is 254 cm³/mol.